The van der Waals surface area contributed by atoms with Crippen LogP contribution in [0.4, 0.5) is 0 Å². The van der Waals surface area contributed by atoms with Gasteiger partial charge in [0.05, 0.1) is 12.2 Å². The van der Waals surface area contributed by atoms with Crippen LogP contribution in [-0.4, -0.2) is 18.8 Å². The van der Waals surface area contributed by atoms with Gasteiger partial charge in [0, 0.05) is 6.54 Å². The molecule has 1 heterocycles. The maximum Gasteiger partial charge on any atom is 0.0701 e. The highest BCUT2D eigenvalue weighted by Gasteiger charge is 2.31. The lowest BCUT2D eigenvalue weighted by Gasteiger charge is -2.38. The van der Waals surface area contributed by atoms with E-state index in [0.717, 1.165) is 5.92 Å². The highest BCUT2D eigenvalue weighted by atomic mass is 16.5. The largest absolute Gasteiger partial charge is 0.373 e. The Balaban J connectivity index is 1.81. The van der Waals surface area contributed by atoms with Gasteiger partial charge in [-0.25, -0.2) is 0 Å². The number of hydrogen-bond donors (Lipinski definition) is 1. The Morgan fingerprint density at radius 3 is 2.42 bits per heavy atom. The quantitative estimate of drug-likeness (QED) is 0.682. The molecule has 0 bridgehead atoms. The molecule has 1 aliphatic heterocycles. The molecule has 1 aliphatic carbocycles. The SMILES string of the molecule is NCC1CCCC(C2CCC2)O1. The van der Waals surface area contributed by atoms with E-state index >= 15 is 0 Å². The number of rotatable bonds is 2. The van der Waals surface area contributed by atoms with Crippen LogP contribution in [0.15, 0.2) is 0 Å². The summed E-state index contributed by atoms with van der Waals surface area (Å²) in [6.45, 7) is 0.712. The minimum Gasteiger partial charge on any atom is -0.373 e. The van der Waals surface area contributed by atoms with Crippen molar-refractivity contribution >= 4 is 0 Å². The van der Waals surface area contributed by atoms with Crippen LogP contribution in [-0.2, 0) is 4.74 Å². The number of ether oxygens (including phenoxy) is 1. The topological polar surface area (TPSA) is 35.2 Å². The van der Waals surface area contributed by atoms with E-state index in [1.807, 2.05) is 0 Å². The van der Waals surface area contributed by atoms with Gasteiger partial charge in [0.15, 0.2) is 0 Å². The normalized spacial score (nSPS) is 37.8. The van der Waals surface area contributed by atoms with E-state index in [2.05, 4.69) is 0 Å². The summed E-state index contributed by atoms with van der Waals surface area (Å²) >= 11 is 0. The average Bonchev–Trinajstić information content (AvgIpc) is 2.02. The first kappa shape index (κ1) is 8.52. The zero-order valence-corrected chi connectivity index (χ0v) is 7.67. The van der Waals surface area contributed by atoms with Gasteiger partial charge in [-0.1, -0.05) is 6.42 Å². The fourth-order valence-electron chi connectivity index (χ4n) is 2.26. The molecule has 0 aromatic rings. The van der Waals surface area contributed by atoms with Crippen LogP contribution in [0.2, 0.25) is 0 Å². The molecule has 2 aliphatic rings. The van der Waals surface area contributed by atoms with Crippen LogP contribution in [0.5, 0.6) is 0 Å². The van der Waals surface area contributed by atoms with Crippen molar-refractivity contribution in [3.8, 4) is 0 Å². The zero-order valence-electron chi connectivity index (χ0n) is 7.67. The van der Waals surface area contributed by atoms with E-state index < -0.39 is 0 Å². The molecule has 2 rings (SSSR count). The van der Waals surface area contributed by atoms with Gasteiger partial charge >= 0.3 is 0 Å². The summed E-state index contributed by atoms with van der Waals surface area (Å²) in [6.07, 6.45) is 8.90. The summed E-state index contributed by atoms with van der Waals surface area (Å²) in [4.78, 5) is 0. The number of hydrogen-bond acceptors (Lipinski definition) is 2. The predicted molar refractivity (Wildman–Crippen MR) is 48.9 cm³/mol. The summed E-state index contributed by atoms with van der Waals surface area (Å²) in [6, 6.07) is 0. The second-order valence-electron chi connectivity index (χ2n) is 4.15. The monoisotopic (exact) mass is 169 g/mol. The van der Waals surface area contributed by atoms with Gasteiger partial charge in [0.25, 0.3) is 0 Å². The summed E-state index contributed by atoms with van der Waals surface area (Å²) < 4.78 is 5.91. The van der Waals surface area contributed by atoms with Gasteiger partial charge in [0.2, 0.25) is 0 Å². The van der Waals surface area contributed by atoms with Gasteiger partial charge in [0.1, 0.15) is 0 Å². The van der Waals surface area contributed by atoms with Gasteiger partial charge in [-0.15, -0.1) is 0 Å². The first-order valence-corrected chi connectivity index (χ1v) is 5.25. The molecule has 2 atom stereocenters. The molecule has 0 aromatic carbocycles. The van der Waals surface area contributed by atoms with Crippen molar-refractivity contribution in [3.05, 3.63) is 0 Å². The molecule has 0 amide bonds. The smallest absolute Gasteiger partial charge is 0.0701 e. The molecule has 70 valence electrons. The van der Waals surface area contributed by atoms with E-state index in [9.17, 15) is 0 Å². The maximum atomic E-state index is 5.91. The first-order chi connectivity index (χ1) is 5.90. The second kappa shape index (κ2) is 3.75. The molecule has 0 radical (unpaired) electrons. The average molecular weight is 169 g/mol. The van der Waals surface area contributed by atoms with Crippen molar-refractivity contribution in [2.24, 2.45) is 11.7 Å². The van der Waals surface area contributed by atoms with Crippen molar-refractivity contribution < 1.29 is 4.74 Å². The third-order valence-electron chi connectivity index (χ3n) is 3.32. The van der Waals surface area contributed by atoms with E-state index in [0.29, 0.717) is 18.8 Å². The molecule has 0 aromatic heterocycles. The fraction of sp³-hybridized carbons (Fsp3) is 1.00. The molecule has 0 spiro atoms. The highest BCUT2D eigenvalue weighted by molar-refractivity contribution is 4.82. The van der Waals surface area contributed by atoms with E-state index in [1.54, 1.807) is 0 Å². The maximum absolute atomic E-state index is 5.91. The van der Waals surface area contributed by atoms with Gasteiger partial charge in [-0.2, -0.15) is 0 Å². The molecule has 2 nitrogen and oxygen atoms in total. The standard InChI is InChI=1S/C10H19NO/c11-7-9-5-2-6-10(12-9)8-3-1-4-8/h8-10H,1-7,11H2. The zero-order chi connectivity index (χ0) is 8.39. The lowest BCUT2D eigenvalue weighted by Crippen LogP contribution is -2.39. The molecule has 2 N–H and O–H groups in total. The number of nitrogens with two attached hydrogens (primary N) is 1. The minimum atomic E-state index is 0.365. The molecular formula is C10H19NO. The summed E-state index contributed by atoms with van der Waals surface area (Å²) in [5.74, 6) is 0.874. The third kappa shape index (κ3) is 1.64. The lowest BCUT2D eigenvalue weighted by atomic mass is 9.78. The molecule has 1 saturated heterocycles. The Hall–Kier alpha value is -0.0800. The Labute approximate surface area is 74.5 Å². The molecule has 2 heteroatoms. The highest BCUT2D eigenvalue weighted by Crippen LogP contribution is 2.36. The Bertz CT molecular complexity index is 145. The van der Waals surface area contributed by atoms with E-state index in [-0.39, 0.29) is 0 Å². The van der Waals surface area contributed by atoms with Crippen molar-refractivity contribution in [3.63, 3.8) is 0 Å². The third-order valence-corrected chi connectivity index (χ3v) is 3.32. The first-order valence-electron chi connectivity index (χ1n) is 5.25. The van der Waals surface area contributed by atoms with Crippen LogP contribution >= 0.6 is 0 Å². The fourth-order valence-corrected chi connectivity index (χ4v) is 2.26. The minimum absolute atomic E-state index is 0.365. The van der Waals surface area contributed by atoms with Crippen LogP contribution in [0.25, 0.3) is 0 Å². The van der Waals surface area contributed by atoms with Gasteiger partial charge in [-0.05, 0) is 38.0 Å². The molecule has 1 saturated carbocycles. The van der Waals surface area contributed by atoms with Crippen LogP contribution in [0.3, 0.4) is 0 Å². The van der Waals surface area contributed by atoms with E-state index in [4.69, 9.17) is 10.5 Å². The molecule has 12 heavy (non-hydrogen) atoms. The predicted octanol–water partition coefficient (Wildman–Crippen LogP) is 1.68. The van der Waals surface area contributed by atoms with Gasteiger partial charge < -0.3 is 10.5 Å². The summed E-state index contributed by atoms with van der Waals surface area (Å²) in [7, 11) is 0. The second-order valence-corrected chi connectivity index (χ2v) is 4.15. The Morgan fingerprint density at radius 2 is 1.83 bits per heavy atom. The van der Waals surface area contributed by atoms with Crippen LogP contribution < -0.4 is 5.73 Å². The summed E-state index contributed by atoms with van der Waals surface area (Å²) in [5.41, 5.74) is 5.60. The van der Waals surface area contributed by atoms with Gasteiger partial charge in [-0.3, -0.25) is 0 Å². The molecule has 2 unspecified atom stereocenters. The van der Waals surface area contributed by atoms with Crippen molar-refractivity contribution in [2.75, 3.05) is 6.54 Å². The lowest BCUT2D eigenvalue weighted by molar-refractivity contribution is -0.0885. The van der Waals surface area contributed by atoms with E-state index in [1.165, 1.54) is 38.5 Å². The summed E-state index contributed by atoms with van der Waals surface area (Å²) in [5, 5.41) is 0. The van der Waals surface area contributed by atoms with Crippen molar-refractivity contribution in [1.29, 1.82) is 0 Å². The van der Waals surface area contributed by atoms with Crippen molar-refractivity contribution in [1.82, 2.24) is 0 Å². The Morgan fingerprint density at radius 1 is 1.08 bits per heavy atom. The van der Waals surface area contributed by atoms with Crippen LogP contribution in [0.1, 0.15) is 38.5 Å². The molecular weight excluding hydrogens is 150 g/mol. The van der Waals surface area contributed by atoms with Crippen molar-refractivity contribution in [2.45, 2.75) is 50.7 Å². The van der Waals surface area contributed by atoms with Crippen LogP contribution in [0, 0.1) is 5.92 Å². The Kier molecular flexibility index (Phi) is 2.66. The molecule has 2 fully saturated rings.